The third-order valence-corrected chi connectivity index (χ3v) is 8.52. The summed E-state index contributed by atoms with van der Waals surface area (Å²) in [6.45, 7) is 2.40. The molecule has 0 amide bonds. The molecule has 1 atom stereocenters. The lowest BCUT2D eigenvalue weighted by Gasteiger charge is -2.33. The summed E-state index contributed by atoms with van der Waals surface area (Å²) >= 11 is 0. The Morgan fingerprint density at radius 2 is 1.60 bits per heavy atom. The summed E-state index contributed by atoms with van der Waals surface area (Å²) in [6.07, 6.45) is 1.28. The van der Waals surface area contributed by atoms with E-state index in [1.807, 2.05) is 85.8 Å². The Kier molecular flexibility index (Phi) is 5.31. The Balaban J connectivity index is 1.49. The fraction of sp³-hybridized carbons (Fsp3) is 0.179. The minimum Gasteiger partial charge on any atom is -0.435 e. The maximum absolute atomic E-state index is 14.2. The van der Waals surface area contributed by atoms with Gasteiger partial charge in [-0.05, 0) is 36.6 Å². The number of hydrogen-bond donors (Lipinski definition) is 1. The van der Waals surface area contributed by atoms with Crippen LogP contribution in [0.5, 0.6) is 0 Å². The van der Waals surface area contributed by atoms with E-state index in [0.29, 0.717) is 30.8 Å². The third-order valence-electron chi connectivity index (χ3n) is 6.70. The topological polar surface area (TPSA) is 79.2 Å². The Bertz CT molecular complexity index is 1610. The zero-order valence-corrected chi connectivity index (χ0v) is 20.1. The van der Waals surface area contributed by atoms with E-state index in [2.05, 4.69) is 16.0 Å². The van der Waals surface area contributed by atoms with Gasteiger partial charge < -0.3 is 9.40 Å². The van der Waals surface area contributed by atoms with Gasteiger partial charge in [-0.25, -0.2) is 8.42 Å². The molecule has 0 radical (unpaired) electrons. The van der Waals surface area contributed by atoms with Crippen LogP contribution in [0.4, 0.5) is 0 Å². The van der Waals surface area contributed by atoms with Crippen LogP contribution in [0, 0.1) is 0 Å². The summed E-state index contributed by atoms with van der Waals surface area (Å²) in [4.78, 5) is 8.06. The Hall–Kier alpha value is -3.68. The summed E-state index contributed by atoms with van der Waals surface area (Å²) in [7, 11) is -3.96. The van der Waals surface area contributed by atoms with Crippen molar-refractivity contribution in [2.75, 3.05) is 6.54 Å². The molecule has 3 heterocycles. The molecule has 0 fully saturated rings. The molecule has 1 aliphatic heterocycles. The van der Waals surface area contributed by atoms with Crippen LogP contribution in [0.15, 0.2) is 94.4 Å². The molecule has 0 spiro atoms. The van der Waals surface area contributed by atoms with E-state index in [4.69, 9.17) is 4.42 Å². The van der Waals surface area contributed by atoms with Crippen molar-refractivity contribution >= 4 is 20.9 Å². The molecule has 1 aliphatic rings. The van der Waals surface area contributed by atoms with Crippen molar-refractivity contribution in [3.63, 3.8) is 0 Å². The summed E-state index contributed by atoms with van der Waals surface area (Å²) in [6, 6.07) is 26.5. The highest BCUT2D eigenvalue weighted by molar-refractivity contribution is 7.89. The number of H-pyrrole nitrogens is 1. The Morgan fingerprint density at radius 3 is 2.31 bits per heavy atom. The maximum Gasteiger partial charge on any atom is 0.265 e. The quantitative estimate of drug-likeness (QED) is 0.323. The first-order valence-electron chi connectivity index (χ1n) is 11.8. The number of nitrogens with zero attached hydrogens (tertiary/aromatic N) is 2. The summed E-state index contributed by atoms with van der Waals surface area (Å²) < 4.78 is 36.1. The number of aromatic amines is 1. The van der Waals surface area contributed by atoms with Gasteiger partial charge in [0.25, 0.3) is 10.0 Å². The predicted molar refractivity (Wildman–Crippen MR) is 136 cm³/mol. The number of benzene rings is 3. The molecule has 1 N–H and O–H groups in total. The average molecular weight is 484 g/mol. The average Bonchev–Trinajstić information content (AvgIpc) is 3.52. The number of para-hydroxylation sites is 1. The van der Waals surface area contributed by atoms with Crippen molar-refractivity contribution < 1.29 is 12.8 Å². The van der Waals surface area contributed by atoms with Crippen LogP contribution < -0.4 is 0 Å². The van der Waals surface area contributed by atoms with Crippen LogP contribution >= 0.6 is 0 Å². The molecular weight excluding hydrogens is 458 g/mol. The smallest absolute Gasteiger partial charge is 0.265 e. The number of fused-ring (bicyclic) bond motifs is 3. The molecule has 6 nitrogen and oxygen atoms in total. The van der Waals surface area contributed by atoms with Crippen molar-refractivity contribution in [2.45, 2.75) is 30.8 Å². The highest BCUT2D eigenvalue weighted by Gasteiger charge is 2.40. The van der Waals surface area contributed by atoms with Crippen LogP contribution in [0.3, 0.4) is 0 Å². The van der Waals surface area contributed by atoms with Crippen molar-refractivity contribution in [3.8, 4) is 22.8 Å². The highest BCUT2D eigenvalue weighted by Crippen LogP contribution is 2.41. The van der Waals surface area contributed by atoms with Gasteiger partial charge in [0.05, 0.1) is 6.04 Å². The highest BCUT2D eigenvalue weighted by atomic mass is 32.2. The molecular formula is C28H25N3O3S. The number of nitrogens with one attached hydrogen (secondary N) is 1. The van der Waals surface area contributed by atoms with E-state index < -0.39 is 10.0 Å². The second-order valence-electron chi connectivity index (χ2n) is 8.74. The predicted octanol–water partition coefficient (Wildman–Crippen LogP) is 6.19. The minimum atomic E-state index is -3.96. The van der Waals surface area contributed by atoms with E-state index >= 15 is 0 Å². The molecule has 6 rings (SSSR count). The van der Waals surface area contributed by atoms with Gasteiger partial charge in [-0.2, -0.15) is 9.29 Å². The van der Waals surface area contributed by atoms with Crippen molar-refractivity contribution in [3.05, 3.63) is 96.2 Å². The molecule has 5 aromatic rings. The van der Waals surface area contributed by atoms with E-state index in [0.717, 1.165) is 22.2 Å². The molecule has 0 saturated heterocycles. The summed E-state index contributed by atoms with van der Waals surface area (Å²) in [5, 5.41) is 1.12. The third kappa shape index (κ3) is 3.59. The first-order valence-corrected chi connectivity index (χ1v) is 13.2. The number of hydrogen-bond acceptors (Lipinski definition) is 4. The lowest BCUT2D eigenvalue weighted by molar-refractivity contribution is 0.296. The SMILES string of the molecule is CCC1c2[nH]c3ccccc3c2CCN1S(=O)(=O)c1nc(-c2ccccc2)oc1-c1ccccc1. The standard InChI is InChI=1S/C28H25N3O3S/c1-2-24-25-22(21-15-9-10-16-23(21)29-25)17-18-31(24)35(32,33)28-26(19-11-5-3-6-12-19)34-27(30-28)20-13-7-4-8-14-20/h3-16,24,29H,2,17-18H2,1H3. The molecule has 0 bridgehead atoms. The van der Waals surface area contributed by atoms with Gasteiger partial charge in [-0.3, -0.25) is 0 Å². The number of rotatable bonds is 5. The molecule has 1 unspecified atom stereocenters. The normalized spacial score (nSPS) is 16.4. The van der Waals surface area contributed by atoms with E-state index in [9.17, 15) is 8.42 Å². The second kappa shape index (κ2) is 8.52. The van der Waals surface area contributed by atoms with Gasteiger partial charge in [-0.1, -0.05) is 73.7 Å². The number of aromatic nitrogens is 2. The second-order valence-corrected chi connectivity index (χ2v) is 10.5. The fourth-order valence-electron chi connectivity index (χ4n) is 5.06. The van der Waals surface area contributed by atoms with Crippen molar-refractivity contribution in [1.82, 2.24) is 14.3 Å². The van der Waals surface area contributed by atoms with Crippen molar-refractivity contribution in [2.24, 2.45) is 0 Å². The minimum absolute atomic E-state index is 0.0411. The van der Waals surface area contributed by atoms with E-state index in [-0.39, 0.29) is 16.8 Å². The van der Waals surface area contributed by atoms with Crippen LogP contribution in [-0.4, -0.2) is 29.2 Å². The summed E-state index contributed by atoms with van der Waals surface area (Å²) in [5.41, 5.74) is 4.61. The van der Waals surface area contributed by atoms with Gasteiger partial charge in [0.2, 0.25) is 10.9 Å². The lowest BCUT2D eigenvalue weighted by atomic mass is 9.98. The Morgan fingerprint density at radius 1 is 0.943 bits per heavy atom. The zero-order valence-electron chi connectivity index (χ0n) is 19.3. The molecule has 35 heavy (non-hydrogen) atoms. The van der Waals surface area contributed by atoms with E-state index in [1.165, 1.54) is 5.56 Å². The van der Waals surface area contributed by atoms with Gasteiger partial charge in [0, 0.05) is 34.3 Å². The molecule has 2 aromatic heterocycles. The largest absolute Gasteiger partial charge is 0.435 e. The molecule has 7 heteroatoms. The zero-order chi connectivity index (χ0) is 24.0. The molecule has 0 aliphatic carbocycles. The van der Waals surface area contributed by atoms with Gasteiger partial charge in [-0.15, -0.1) is 0 Å². The maximum atomic E-state index is 14.2. The van der Waals surface area contributed by atoms with Gasteiger partial charge >= 0.3 is 0 Å². The Labute approximate surface area is 204 Å². The van der Waals surface area contributed by atoms with E-state index in [1.54, 1.807) is 4.31 Å². The molecule has 3 aromatic carbocycles. The first-order chi connectivity index (χ1) is 17.1. The van der Waals surface area contributed by atoms with Crippen LogP contribution in [0.1, 0.15) is 30.6 Å². The fourth-order valence-corrected chi connectivity index (χ4v) is 6.80. The monoisotopic (exact) mass is 483 g/mol. The van der Waals surface area contributed by atoms with Crippen LogP contribution in [-0.2, 0) is 16.4 Å². The molecule has 176 valence electrons. The van der Waals surface area contributed by atoms with Crippen LogP contribution in [0.25, 0.3) is 33.7 Å². The van der Waals surface area contributed by atoms with Gasteiger partial charge in [0.15, 0.2) is 5.76 Å². The lowest BCUT2D eigenvalue weighted by Crippen LogP contribution is -2.40. The number of sulfonamides is 1. The first kappa shape index (κ1) is 21.8. The van der Waals surface area contributed by atoms with Gasteiger partial charge in [0.1, 0.15) is 0 Å². The summed E-state index contributed by atoms with van der Waals surface area (Å²) in [5.74, 6) is 0.557. The number of oxazole rings is 1. The van der Waals surface area contributed by atoms with Crippen LogP contribution in [0.2, 0.25) is 0 Å². The molecule has 0 saturated carbocycles. The van der Waals surface area contributed by atoms with Crippen molar-refractivity contribution in [1.29, 1.82) is 0 Å².